The summed E-state index contributed by atoms with van der Waals surface area (Å²) in [6.07, 6.45) is 3.08. The molecule has 2 heteroatoms. The quantitative estimate of drug-likeness (QED) is 0.641. The van der Waals surface area contributed by atoms with Crippen LogP contribution < -0.4 is 0 Å². The second kappa shape index (κ2) is 4.61. The van der Waals surface area contributed by atoms with Crippen molar-refractivity contribution in [3.63, 3.8) is 0 Å². The molecule has 0 aromatic rings. The monoisotopic (exact) mass is 169 g/mol. The largest absolute Gasteiger partial charge is 0.298 e. The van der Waals surface area contributed by atoms with E-state index in [1.54, 1.807) is 0 Å². The Morgan fingerprint density at radius 1 is 1.58 bits per heavy atom. The van der Waals surface area contributed by atoms with E-state index in [4.69, 9.17) is 0 Å². The number of rotatable bonds is 3. The number of hydrogen-bond donors (Lipinski definition) is 0. The first-order chi connectivity index (χ1) is 5.72. The summed E-state index contributed by atoms with van der Waals surface area (Å²) in [6.45, 7) is 7.37. The number of carbonyl (C=O) groups is 1. The molecule has 2 nitrogen and oxygen atoms in total. The molecule has 1 unspecified atom stereocenters. The van der Waals surface area contributed by atoms with Gasteiger partial charge in [0, 0.05) is 13.0 Å². The highest BCUT2D eigenvalue weighted by atomic mass is 16.1. The van der Waals surface area contributed by atoms with E-state index in [1.807, 2.05) is 0 Å². The standard InChI is InChI=1S/C10H19NO/c1-3-9(2)7-11-6-4-5-10(12)8-11/h9H,3-8H2,1-2H3. The lowest BCUT2D eigenvalue weighted by Crippen LogP contribution is -2.38. The first-order valence-electron chi connectivity index (χ1n) is 4.96. The van der Waals surface area contributed by atoms with Gasteiger partial charge in [-0.1, -0.05) is 20.3 Å². The fraction of sp³-hybridized carbons (Fsp3) is 0.900. The Balaban J connectivity index is 2.27. The normalized spacial score (nSPS) is 22.7. The van der Waals surface area contributed by atoms with Gasteiger partial charge in [-0.25, -0.2) is 0 Å². The molecule has 1 rings (SSSR count). The summed E-state index contributed by atoms with van der Waals surface area (Å²) in [4.78, 5) is 13.4. The van der Waals surface area contributed by atoms with Crippen LogP contribution in [0.1, 0.15) is 33.1 Å². The maximum atomic E-state index is 11.1. The van der Waals surface area contributed by atoms with Crippen molar-refractivity contribution >= 4 is 5.78 Å². The van der Waals surface area contributed by atoms with Crippen LogP contribution in [-0.2, 0) is 4.79 Å². The predicted octanol–water partition coefficient (Wildman–Crippen LogP) is 1.70. The van der Waals surface area contributed by atoms with Crippen molar-refractivity contribution < 1.29 is 4.79 Å². The van der Waals surface area contributed by atoms with Crippen LogP contribution in [0.2, 0.25) is 0 Å². The molecule has 1 saturated heterocycles. The van der Waals surface area contributed by atoms with Gasteiger partial charge >= 0.3 is 0 Å². The maximum absolute atomic E-state index is 11.1. The molecule has 0 aliphatic carbocycles. The van der Waals surface area contributed by atoms with Crippen LogP contribution in [0.3, 0.4) is 0 Å². The summed E-state index contributed by atoms with van der Waals surface area (Å²) in [5.41, 5.74) is 0. The third-order valence-electron chi connectivity index (χ3n) is 2.60. The van der Waals surface area contributed by atoms with Crippen molar-refractivity contribution in [2.24, 2.45) is 5.92 Å². The Bertz CT molecular complexity index is 156. The second-order valence-corrected chi connectivity index (χ2v) is 3.89. The van der Waals surface area contributed by atoms with E-state index in [1.165, 1.54) is 6.42 Å². The Morgan fingerprint density at radius 3 is 2.92 bits per heavy atom. The smallest absolute Gasteiger partial charge is 0.146 e. The van der Waals surface area contributed by atoms with E-state index < -0.39 is 0 Å². The zero-order valence-corrected chi connectivity index (χ0v) is 8.18. The molecule has 0 radical (unpaired) electrons. The molecule has 0 amide bonds. The van der Waals surface area contributed by atoms with E-state index in [0.717, 1.165) is 31.8 Å². The Hall–Kier alpha value is -0.370. The molecule has 1 heterocycles. The number of ketones is 1. The van der Waals surface area contributed by atoms with Crippen molar-refractivity contribution in [2.75, 3.05) is 19.6 Å². The highest BCUT2D eigenvalue weighted by Crippen LogP contribution is 2.10. The summed E-state index contributed by atoms with van der Waals surface area (Å²) in [5.74, 6) is 1.15. The van der Waals surface area contributed by atoms with Gasteiger partial charge in [0.25, 0.3) is 0 Å². The minimum Gasteiger partial charge on any atom is -0.298 e. The second-order valence-electron chi connectivity index (χ2n) is 3.89. The van der Waals surface area contributed by atoms with Crippen molar-refractivity contribution in [2.45, 2.75) is 33.1 Å². The van der Waals surface area contributed by atoms with E-state index in [9.17, 15) is 4.79 Å². The SMILES string of the molecule is CCC(C)CN1CCCC(=O)C1. The van der Waals surface area contributed by atoms with Gasteiger partial charge in [0.1, 0.15) is 5.78 Å². The van der Waals surface area contributed by atoms with Crippen molar-refractivity contribution in [1.82, 2.24) is 4.90 Å². The van der Waals surface area contributed by atoms with Gasteiger partial charge < -0.3 is 0 Å². The summed E-state index contributed by atoms with van der Waals surface area (Å²) in [6, 6.07) is 0. The number of nitrogens with zero attached hydrogens (tertiary/aromatic N) is 1. The van der Waals surface area contributed by atoms with Gasteiger partial charge in [-0.15, -0.1) is 0 Å². The zero-order valence-electron chi connectivity index (χ0n) is 8.18. The molecule has 70 valence electrons. The molecule has 0 saturated carbocycles. The third kappa shape index (κ3) is 2.94. The molecule has 0 aromatic heterocycles. The van der Waals surface area contributed by atoms with Crippen molar-refractivity contribution in [1.29, 1.82) is 0 Å². The van der Waals surface area contributed by atoms with E-state index in [0.29, 0.717) is 12.3 Å². The fourth-order valence-corrected chi connectivity index (χ4v) is 1.63. The highest BCUT2D eigenvalue weighted by molar-refractivity contribution is 5.81. The molecule has 12 heavy (non-hydrogen) atoms. The van der Waals surface area contributed by atoms with Gasteiger partial charge in [-0.2, -0.15) is 0 Å². The van der Waals surface area contributed by atoms with Gasteiger partial charge in [-0.05, 0) is 18.9 Å². The molecule has 0 aromatic carbocycles. The lowest BCUT2D eigenvalue weighted by molar-refractivity contribution is -0.122. The van der Waals surface area contributed by atoms with Crippen molar-refractivity contribution in [3.8, 4) is 0 Å². The van der Waals surface area contributed by atoms with Crippen LogP contribution in [0.4, 0.5) is 0 Å². The Morgan fingerprint density at radius 2 is 2.33 bits per heavy atom. The number of carbonyl (C=O) groups excluding carboxylic acids is 1. The predicted molar refractivity (Wildman–Crippen MR) is 50.1 cm³/mol. The van der Waals surface area contributed by atoms with Gasteiger partial charge in [0.05, 0.1) is 6.54 Å². The summed E-state index contributed by atoms with van der Waals surface area (Å²) >= 11 is 0. The molecule has 0 N–H and O–H groups in total. The van der Waals surface area contributed by atoms with Crippen LogP contribution in [0.15, 0.2) is 0 Å². The maximum Gasteiger partial charge on any atom is 0.146 e. The molecule has 1 aliphatic rings. The first kappa shape index (κ1) is 9.72. The Labute approximate surface area is 74.9 Å². The summed E-state index contributed by atoms with van der Waals surface area (Å²) in [7, 11) is 0. The average molecular weight is 169 g/mol. The lowest BCUT2D eigenvalue weighted by Gasteiger charge is -2.27. The Kier molecular flexibility index (Phi) is 3.73. The molecule has 0 spiro atoms. The van der Waals surface area contributed by atoms with Crippen LogP contribution in [0, 0.1) is 5.92 Å². The van der Waals surface area contributed by atoms with Crippen LogP contribution >= 0.6 is 0 Å². The fourth-order valence-electron chi connectivity index (χ4n) is 1.63. The minimum atomic E-state index is 0.421. The molecule has 1 atom stereocenters. The number of Topliss-reactive ketones (excluding diaryl/α,β-unsaturated/α-hetero) is 1. The highest BCUT2D eigenvalue weighted by Gasteiger charge is 2.17. The van der Waals surface area contributed by atoms with Crippen LogP contribution in [-0.4, -0.2) is 30.3 Å². The molecule has 1 fully saturated rings. The van der Waals surface area contributed by atoms with E-state index in [-0.39, 0.29) is 0 Å². The summed E-state index contributed by atoms with van der Waals surface area (Å²) in [5, 5.41) is 0. The van der Waals surface area contributed by atoms with Crippen LogP contribution in [0.25, 0.3) is 0 Å². The van der Waals surface area contributed by atoms with Gasteiger partial charge in [-0.3, -0.25) is 9.69 Å². The van der Waals surface area contributed by atoms with Crippen molar-refractivity contribution in [3.05, 3.63) is 0 Å². The number of piperidine rings is 1. The zero-order chi connectivity index (χ0) is 8.97. The number of likely N-dealkylation sites (tertiary alicyclic amines) is 1. The minimum absolute atomic E-state index is 0.421. The van der Waals surface area contributed by atoms with E-state index >= 15 is 0 Å². The molecule has 0 bridgehead atoms. The molecule has 1 aliphatic heterocycles. The third-order valence-corrected chi connectivity index (χ3v) is 2.60. The first-order valence-corrected chi connectivity index (χ1v) is 4.96. The van der Waals surface area contributed by atoms with Gasteiger partial charge in [0.15, 0.2) is 0 Å². The van der Waals surface area contributed by atoms with E-state index in [2.05, 4.69) is 18.7 Å². The van der Waals surface area contributed by atoms with Crippen LogP contribution in [0.5, 0.6) is 0 Å². The topological polar surface area (TPSA) is 20.3 Å². The lowest BCUT2D eigenvalue weighted by atomic mass is 10.1. The molecular weight excluding hydrogens is 150 g/mol. The number of hydrogen-bond acceptors (Lipinski definition) is 2. The summed E-state index contributed by atoms with van der Waals surface area (Å²) < 4.78 is 0. The average Bonchev–Trinajstić information content (AvgIpc) is 2.04. The van der Waals surface area contributed by atoms with Gasteiger partial charge in [0.2, 0.25) is 0 Å². The molecular formula is C10H19NO.